The number of unbranched alkanes of at least 4 members (excludes halogenated alkanes) is 10. The van der Waals surface area contributed by atoms with Gasteiger partial charge < -0.3 is 0 Å². The molecule has 0 heterocycles. The molecule has 0 saturated carbocycles. The van der Waals surface area contributed by atoms with Crippen molar-refractivity contribution in [1.29, 1.82) is 0 Å². The number of hydrogen-bond acceptors (Lipinski definition) is 2. The van der Waals surface area contributed by atoms with Crippen LogP contribution in [0.15, 0.2) is 46.4 Å². The monoisotopic (exact) mass is 558 g/mol. The number of rotatable bonds is 23. The lowest BCUT2D eigenvalue weighted by Crippen LogP contribution is -2.00. The van der Waals surface area contributed by atoms with Crippen molar-refractivity contribution in [2.24, 2.45) is 9.98 Å². The standard InChI is InChI=1S/C39H62N2/c1-6-11-16-21-33-26-34(22-17-12-7-2)29-38(28-33)40-32-37(25-20-15-10-5)41-39-30-35(23-18-13-8-3)27-36(31-39)24-19-14-9-4/h26-32H,6-25H2,1-5H3. The van der Waals surface area contributed by atoms with Gasteiger partial charge in [-0.25, -0.2) is 0 Å². The summed E-state index contributed by atoms with van der Waals surface area (Å²) in [5, 5.41) is 0. The van der Waals surface area contributed by atoms with Crippen LogP contribution in [-0.2, 0) is 25.7 Å². The van der Waals surface area contributed by atoms with Crippen LogP contribution in [0.5, 0.6) is 0 Å². The van der Waals surface area contributed by atoms with Crippen molar-refractivity contribution in [3.8, 4) is 0 Å². The number of aliphatic imine (C=N–C) groups is 2. The van der Waals surface area contributed by atoms with E-state index < -0.39 is 0 Å². The van der Waals surface area contributed by atoms with Gasteiger partial charge in [0.15, 0.2) is 0 Å². The molecule has 0 spiro atoms. The van der Waals surface area contributed by atoms with Crippen LogP contribution in [0.4, 0.5) is 11.4 Å². The van der Waals surface area contributed by atoms with Gasteiger partial charge in [-0.05, 0) is 111 Å². The lowest BCUT2D eigenvalue weighted by atomic mass is 10.00. The third kappa shape index (κ3) is 15.5. The highest BCUT2D eigenvalue weighted by Crippen LogP contribution is 2.24. The van der Waals surface area contributed by atoms with E-state index in [9.17, 15) is 0 Å². The molecule has 2 heteroatoms. The molecule has 0 saturated heterocycles. The van der Waals surface area contributed by atoms with E-state index in [0.29, 0.717) is 0 Å². The van der Waals surface area contributed by atoms with Crippen molar-refractivity contribution in [1.82, 2.24) is 0 Å². The van der Waals surface area contributed by atoms with E-state index in [-0.39, 0.29) is 0 Å². The Kier molecular flexibility index (Phi) is 19.1. The Morgan fingerprint density at radius 3 is 1.22 bits per heavy atom. The summed E-state index contributed by atoms with van der Waals surface area (Å²) in [6.07, 6.45) is 26.6. The summed E-state index contributed by atoms with van der Waals surface area (Å²) in [4.78, 5) is 10.3. The molecule has 0 fully saturated rings. The molecule has 0 unspecified atom stereocenters. The lowest BCUT2D eigenvalue weighted by Gasteiger charge is -2.10. The average molecular weight is 559 g/mol. The molecule has 2 aromatic carbocycles. The van der Waals surface area contributed by atoms with Crippen molar-refractivity contribution in [3.05, 3.63) is 58.7 Å². The Morgan fingerprint density at radius 2 is 0.829 bits per heavy atom. The minimum Gasteiger partial charge on any atom is -0.255 e. The fourth-order valence-corrected chi connectivity index (χ4v) is 5.54. The number of aryl methyl sites for hydroxylation is 4. The summed E-state index contributed by atoms with van der Waals surface area (Å²) < 4.78 is 0. The van der Waals surface area contributed by atoms with Gasteiger partial charge in [-0.3, -0.25) is 9.98 Å². The summed E-state index contributed by atoms with van der Waals surface area (Å²) in [5.41, 5.74) is 9.13. The Balaban J connectivity index is 2.37. The minimum absolute atomic E-state index is 0.988. The zero-order valence-electron chi connectivity index (χ0n) is 27.6. The van der Waals surface area contributed by atoms with Crippen LogP contribution in [0.2, 0.25) is 0 Å². The molecule has 0 atom stereocenters. The molecule has 228 valence electrons. The van der Waals surface area contributed by atoms with E-state index in [1.54, 1.807) is 0 Å². The first-order valence-electron chi connectivity index (χ1n) is 17.5. The number of hydrogen-bond donors (Lipinski definition) is 0. The molecule has 0 aliphatic carbocycles. The van der Waals surface area contributed by atoms with Crippen LogP contribution in [0.25, 0.3) is 0 Å². The first-order valence-corrected chi connectivity index (χ1v) is 17.5. The summed E-state index contributed by atoms with van der Waals surface area (Å²) in [6, 6.07) is 14.2. The Labute approximate surface area is 254 Å². The average Bonchev–Trinajstić information content (AvgIpc) is 2.96. The van der Waals surface area contributed by atoms with E-state index in [1.165, 1.54) is 119 Å². The number of nitrogens with zero attached hydrogens (tertiary/aromatic N) is 2. The first kappa shape index (κ1) is 35.0. The van der Waals surface area contributed by atoms with Gasteiger partial charge in [0.1, 0.15) is 0 Å². The maximum atomic E-state index is 5.26. The molecule has 0 bridgehead atoms. The fourth-order valence-electron chi connectivity index (χ4n) is 5.54. The van der Waals surface area contributed by atoms with E-state index in [0.717, 1.165) is 49.2 Å². The van der Waals surface area contributed by atoms with Crippen LogP contribution in [0, 0.1) is 0 Å². The van der Waals surface area contributed by atoms with Gasteiger partial charge in [0, 0.05) is 6.21 Å². The second-order valence-electron chi connectivity index (χ2n) is 12.2. The van der Waals surface area contributed by atoms with E-state index in [1.807, 2.05) is 0 Å². The molecule has 0 aliphatic heterocycles. The molecule has 0 radical (unpaired) electrons. The van der Waals surface area contributed by atoms with Crippen molar-refractivity contribution in [2.75, 3.05) is 0 Å². The normalized spacial score (nSPS) is 12.1. The lowest BCUT2D eigenvalue weighted by molar-refractivity contribution is 0.708. The molecule has 0 N–H and O–H groups in total. The topological polar surface area (TPSA) is 24.7 Å². The van der Waals surface area contributed by atoms with Gasteiger partial charge in [-0.1, -0.05) is 111 Å². The van der Waals surface area contributed by atoms with Gasteiger partial charge in [0.05, 0.1) is 17.1 Å². The molecule has 0 aromatic heterocycles. The quantitative estimate of drug-likeness (QED) is 0.0957. The second-order valence-corrected chi connectivity index (χ2v) is 12.2. The Hall–Kier alpha value is -2.22. The summed E-state index contributed by atoms with van der Waals surface area (Å²) in [6.45, 7) is 11.4. The third-order valence-electron chi connectivity index (χ3n) is 8.02. The van der Waals surface area contributed by atoms with E-state index in [4.69, 9.17) is 9.98 Å². The molecule has 41 heavy (non-hydrogen) atoms. The highest BCUT2D eigenvalue weighted by atomic mass is 14.8. The van der Waals surface area contributed by atoms with Gasteiger partial charge in [-0.15, -0.1) is 0 Å². The van der Waals surface area contributed by atoms with Crippen molar-refractivity contribution in [2.45, 2.75) is 163 Å². The minimum atomic E-state index is 0.988. The van der Waals surface area contributed by atoms with Crippen LogP contribution >= 0.6 is 0 Å². The first-order chi connectivity index (χ1) is 20.1. The molecule has 0 aliphatic rings. The zero-order chi connectivity index (χ0) is 29.5. The summed E-state index contributed by atoms with van der Waals surface area (Å²) >= 11 is 0. The van der Waals surface area contributed by atoms with E-state index >= 15 is 0 Å². The molecular formula is C39H62N2. The SMILES string of the molecule is CCCCCC(C=Nc1cc(CCCCC)cc(CCCCC)c1)=Nc1cc(CCCCC)cc(CCCCC)c1. The summed E-state index contributed by atoms with van der Waals surface area (Å²) in [7, 11) is 0. The molecular weight excluding hydrogens is 496 g/mol. The van der Waals surface area contributed by atoms with Gasteiger partial charge in [0.25, 0.3) is 0 Å². The van der Waals surface area contributed by atoms with Gasteiger partial charge in [-0.2, -0.15) is 0 Å². The van der Waals surface area contributed by atoms with Gasteiger partial charge in [0.2, 0.25) is 0 Å². The zero-order valence-corrected chi connectivity index (χ0v) is 27.6. The fraction of sp³-hybridized carbons (Fsp3) is 0.641. The second kappa shape index (κ2) is 22.4. The maximum absolute atomic E-state index is 5.26. The van der Waals surface area contributed by atoms with Crippen LogP contribution < -0.4 is 0 Å². The predicted molar refractivity (Wildman–Crippen MR) is 185 cm³/mol. The van der Waals surface area contributed by atoms with Crippen LogP contribution in [0.1, 0.15) is 160 Å². The largest absolute Gasteiger partial charge is 0.255 e. The van der Waals surface area contributed by atoms with Crippen LogP contribution in [-0.4, -0.2) is 11.9 Å². The highest BCUT2D eigenvalue weighted by molar-refractivity contribution is 6.31. The van der Waals surface area contributed by atoms with Crippen molar-refractivity contribution < 1.29 is 0 Å². The van der Waals surface area contributed by atoms with Crippen molar-refractivity contribution in [3.63, 3.8) is 0 Å². The Bertz CT molecular complexity index is 960. The smallest absolute Gasteiger partial charge is 0.0639 e. The predicted octanol–water partition coefficient (Wildman–Crippen LogP) is 12.7. The van der Waals surface area contributed by atoms with E-state index in [2.05, 4.69) is 77.2 Å². The van der Waals surface area contributed by atoms with Gasteiger partial charge >= 0.3 is 0 Å². The maximum Gasteiger partial charge on any atom is 0.0639 e. The number of benzene rings is 2. The summed E-state index contributed by atoms with van der Waals surface area (Å²) in [5.74, 6) is 0. The highest BCUT2D eigenvalue weighted by Gasteiger charge is 2.06. The molecule has 2 rings (SSSR count). The molecule has 2 aromatic rings. The third-order valence-corrected chi connectivity index (χ3v) is 8.02. The van der Waals surface area contributed by atoms with Crippen molar-refractivity contribution >= 4 is 23.3 Å². The molecule has 0 amide bonds. The Morgan fingerprint density at radius 1 is 0.463 bits per heavy atom. The van der Waals surface area contributed by atoms with Crippen LogP contribution in [0.3, 0.4) is 0 Å². The molecule has 2 nitrogen and oxygen atoms in total.